The van der Waals surface area contributed by atoms with Gasteiger partial charge in [0, 0.05) is 31.4 Å². The number of hydrogen-bond acceptors (Lipinski definition) is 1. The van der Waals surface area contributed by atoms with Crippen molar-refractivity contribution in [3.63, 3.8) is 0 Å². The lowest BCUT2D eigenvalue weighted by Gasteiger charge is -2.12. The molecule has 0 aromatic heterocycles. The zero-order valence-corrected chi connectivity index (χ0v) is 10.8. The van der Waals surface area contributed by atoms with Crippen molar-refractivity contribution in [1.82, 2.24) is 4.90 Å². The maximum absolute atomic E-state index is 3.80. The van der Waals surface area contributed by atoms with Crippen molar-refractivity contribution in [3.8, 4) is 0 Å². The van der Waals surface area contributed by atoms with Gasteiger partial charge in [-0.3, -0.25) is 0 Å². The fourth-order valence-electron chi connectivity index (χ4n) is 1.57. The van der Waals surface area contributed by atoms with Crippen LogP contribution in [0.2, 0.25) is 0 Å². The second-order valence-corrected chi connectivity index (χ2v) is 4.17. The molecular weight excluding hydrogens is 206 g/mol. The van der Waals surface area contributed by atoms with Crippen molar-refractivity contribution in [3.05, 3.63) is 72.1 Å². The van der Waals surface area contributed by atoms with Crippen LogP contribution in [0, 0.1) is 6.92 Å². The van der Waals surface area contributed by atoms with E-state index in [0.717, 1.165) is 16.7 Å². The summed E-state index contributed by atoms with van der Waals surface area (Å²) in [5.74, 6) is 0. The SMILES string of the molecule is C=C=C(C=C)/C(=C\N(C)C)c1ccc(C)cc1. The first-order valence-electron chi connectivity index (χ1n) is 5.56. The quantitative estimate of drug-likeness (QED) is 0.556. The maximum Gasteiger partial charge on any atom is 0.0245 e. The molecule has 1 heteroatoms. The Bertz CT molecular complexity index is 469. The van der Waals surface area contributed by atoms with E-state index >= 15 is 0 Å². The van der Waals surface area contributed by atoms with Gasteiger partial charge in [0.05, 0.1) is 0 Å². The van der Waals surface area contributed by atoms with Crippen LogP contribution in [0.3, 0.4) is 0 Å². The minimum atomic E-state index is 0.919. The summed E-state index contributed by atoms with van der Waals surface area (Å²) in [6.07, 6.45) is 3.84. The van der Waals surface area contributed by atoms with E-state index in [4.69, 9.17) is 0 Å². The lowest BCUT2D eigenvalue weighted by atomic mass is 9.98. The number of allylic oxidation sites excluding steroid dienone is 3. The summed E-state index contributed by atoms with van der Waals surface area (Å²) >= 11 is 0. The molecule has 0 spiro atoms. The van der Waals surface area contributed by atoms with Gasteiger partial charge in [0.25, 0.3) is 0 Å². The summed E-state index contributed by atoms with van der Waals surface area (Å²) < 4.78 is 0. The highest BCUT2D eigenvalue weighted by molar-refractivity contribution is 5.81. The first kappa shape index (κ1) is 13.1. The molecule has 0 atom stereocenters. The van der Waals surface area contributed by atoms with Crippen LogP contribution in [0.15, 0.2) is 61.0 Å². The van der Waals surface area contributed by atoms with Gasteiger partial charge in [0.1, 0.15) is 0 Å². The Morgan fingerprint density at radius 2 is 1.82 bits per heavy atom. The number of benzene rings is 1. The average Bonchev–Trinajstić information content (AvgIpc) is 2.30. The summed E-state index contributed by atoms with van der Waals surface area (Å²) in [4.78, 5) is 2.01. The summed E-state index contributed by atoms with van der Waals surface area (Å²) in [7, 11) is 4.00. The van der Waals surface area contributed by atoms with Gasteiger partial charge in [-0.15, -0.1) is 5.73 Å². The van der Waals surface area contributed by atoms with Crippen LogP contribution in [-0.4, -0.2) is 19.0 Å². The van der Waals surface area contributed by atoms with Gasteiger partial charge in [-0.05, 0) is 12.5 Å². The van der Waals surface area contributed by atoms with E-state index in [1.54, 1.807) is 6.08 Å². The van der Waals surface area contributed by atoms with Crippen LogP contribution >= 0.6 is 0 Å². The van der Waals surface area contributed by atoms with Gasteiger partial charge in [0.2, 0.25) is 0 Å². The van der Waals surface area contributed by atoms with E-state index in [1.165, 1.54) is 5.56 Å². The first-order valence-corrected chi connectivity index (χ1v) is 5.56. The molecule has 0 saturated heterocycles. The zero-order chi connectivity index (χ0) is 12.8. The third-order valence-electron chi connectivity index (χ3n) is 2.43. The molecule has 0 heterocycles. The van der Waals surface area contributed by atoms with Crippen molar-refractivity contribution >= 4 is 5.57 Å². The molecule has 1 rings (SSSR count). The minimum absolute atomic E-state index is 0.919. The minimum Gasteiger partial charge on any atom is -0.383 e. The van der Waals surface area contributed by atoms with E-state index in [2.05, 4.69) is 56.3 Å². The third-order valence-corrected chi connectivity index (χ3v) is 2.43. The Balaban J connectivity index is 3.29. The van der Waals surface area contributed by atoms with Crippen LogP contribution < -0.4 is 0 Å². The molecule has 1 nitrogen and oxygen atoms in total. The van der Waals surface area contributed by atoms with Gasteiger partial charge < -0.3 is 4.90 Å². The summed E-state index contributed by atoms with van der Waals surface area (Å²) in [6, 6.07) is 8.41. The van der Waals surface area contributed by atoms with E-state index < -0.39 is 0 Å². The maximum atomic E-state index is 3.80. The molecule has 1 aromatic rings. The van der Waals surface area contributed by atoms with Crippen molar-refractivity contribution in [1.29, 1.82) is 0 Å². The third kappa shape index (κ3) is 3.51. The first-order chi connectivity index (χ1) is 8.08. The van der Waals surface area contributed by atoms with Crippen LogP contribution in [0.5, 0.6) is 0 Å². The summed E-state index contributed by atoms with van der Waals surface area (Å²) in [6.45, 7) is 9.59. The molecule has 17 heavy (non-hydrogen) atoms. The van der Waals surface area contributed by atoms with E-state index in [1.807, 2.05) is 19.0 Å². The number of nitrogens with zero attached hydrogens (tertiary/aromatic N) is 1. The van der Waals surface area contributed by atoms with E-state index in [-0.39, 0.29) is 0 Å². The number of aryl methyl sites for hydroxylation is 1. The smallest absolute Gasteiger partial charge is 0.0245 e. The topological polar surface area (TPSA) is 3.24 Å². The van der Waals surface area contributed by atoms with Gasteiger partial charge in [-0.25, -0.2) is 0 Å². The van der Waals surface area contributed by atoms with Crippen LogP contribution in [0.25, 0.3) is 5.57 Å². The molecule has 0 aliphatic heterocycles. The van der Waals surface area contributed by atoms with Crippen molar-refractivity contribution < 1.29 is 0 Å². The molecule has 88 valence electrons. The molecular formula is C16H19N. The Morgan fingerprint density at radius 3 is 2.24 bits per heavy atom. The normalized spacial score (nSPS) is 10.6. The second-order valence-electron chi connectivity index (χ2n) is 4.17. The lowest BCUT2D eigenvalue weighted by Crippen LogP contribution is -2.03. The van der Waals surface area contributed by atoms with Crippen molar-refractivity contribution in [2.24, 2.45) is 0 Å². The van der Waals surface area contributed by atoms with Crippen molar-refractivity contribution in [2.45, 2.75) is 6.92 Å². The van der Waals surface area contributed by atoms with Gasteiger partial charge in [-0.2, -0.15) is 0 Å². The van der Waals surface area contributed by atoms with Gasteiger partial charge in [0.15, 0.2) is 0 Å². The molecule has 0 unspecified atom stereocenters. The average molecular weight is 225 g/mol. The Hall–Kier alpha value is -1.98. The fourth-order valence-corrected chi connectivity index (χ4v) is 1.57. The summed E-state index contributed by atoms with van der Waals surface area (Å²) in [5, 5.41) is 0. The Morgan fingerprint density at radius 1 is 1.24 bits per heavy atom. The number of hydrogen-bond donors (Lipinski definition) is 0. The van der Waals surface area contributed by atoms with Crippen molar-refractivity contribution in [2.75, 3.05) is 14.1 Å². The lowest BCUT2D eigenvalue weighted by molar-refractivity contribution is 0.566. The van der Waals surface area contributed by atoms with Crippen LogP contribution in [-0.2, 0) is 0 Å². The standard InChI is InChI=1S/C16H19N/c1-6-14(7-2)16(12-17(4)5)15-10-8-13(3)9-11-15/h6,8-12H,1-2H2,3-5H3/b16-12+. The molecule has 0 amide bonds. The molecule has 0 saturated carbocycles. The van der Waals surface area contributed by atoms with E-state index in [9.17, 15) is 0 Å². The Kier molecular flexibility index (Phi) is 4.56. The van der Waals surface area contributed by atoms with Gasteiger partial charge in [-0.1, -0.05) is 49.1 Å². The predicted octanol–water partition coefficient (Wildman–Crippen LogP) is 3.79. The fraction of sp³-hybridized carbons (Fsp3) is 0.188. The zero-order valence-electron chi connectivity index (χ0n) is 10.8. The highest BCUT2D eigenvalue weighted by atomic mass is 15.0. The molecule has 0 aliphatic carbocycles. The highest BCUT2D eigenvalue weighted by Crippen LogP contribution is 2.23. The largest absolute Gasteiger partial charge is 0.383 e. The molecule has 0 N–H and O–H groups in total. The molecule has 0 aliphatic rings. The molecule has 1 aromatic carbocycles. The molecule has 0 fully saturated rings. The Labute approximate surface area is 104 Å². The van der Waals surface area contributed by atoms with Crippen LogP contribution in [0.4, 0.5) is 0 Å². The highest BCUT2D eigenvalue weighted by Gasteiger charge is 2.05. The molecule has 0 radical (unpaired) electrons. The number of rotatable bonds is 4. The predicted molar refractivity (Wildman–Crippen MR) is 75.7 cm³/mol. The van der Waals surface area contributed by atoms with Gasteiger partial charge >= 0.3 is 0 Å². The second kappa shape index (κ2) is 5.93. The van der Waals surface area contributed by atoms with E-state index in [0.29, 0.717) is 0 Å². The monoisotopic (exact) mass is 225 g/mol. The summed E-state index contributed by atoms with van der Waals surface area (Å²) in [5.41, 5.74) is 7.33. The molecule has 0 bridgehead atoms. The van der Waals surface area contributed by atoms with Crippen LogP contribution in [0.1, 0.15) is 11.1 Å².